The standard InChI is InChI=1S/C49H81N7O8Si/c1-10-12-32-62-47(60)36-52-21-20-51(35-39(3)57)24-26-55(27-25-53(23-22-52)37-48(61)63-33-13-11-2)45(40(4)58)18-19-46(59)56-30-28-54(29-31-56)43-17-15-41-14-16-42(50-44(41)34-43)38-64-65(8,9)49(5,6)7/h14-17,34,45H,10-13,18-33,35-38H2,1-9H3. The minimum absolute atomic E-state index is 0.0225. The van der Waals surface area contributed by atoms with Gasteiger partial charge in [-0.3, -0.25) is 48.6 Å². The lowest BCUT2D eigenvalue weighted by molar-refractivity contribution is -0.147. The van der Waals surface area contributed by atoms with Crippen LogP contribution in [0.15, 0.2) is 30.3 Å². The number of amides is 1. The second-order valence-electron chi connectivity index (χ2n) is 19.5. The average Bonchev–Trinajstić information content (AvgIpc) is 3.25. The first-order valence-electron chi connectivity index (χ1n) is 24.2. The fourth-order valence-electron chi connectivity index (χ4n) is 7.94. The van der Waals surface area contributed by atoms with Crippen LogP contribution in [0.25, 0.3) is 10.9 Å². The van der Waals surface area contributed by atoms with Gasteiger partial charge in [0.05, 0.1) is 56.7 Å². The molecule has 2 aliphatic heterocycles. The molecule has 0 radical (unpaired) electrons. The molecule has 2 fully saturated rings. The molecule has 1 aromatic carbocycles. The maximum Gasteiger partial charge on any atom is 0.320 e. The van der Waals surface area contributed by atoms with Crippen LogP contribution in [0.3, 0.4) is 0 Å². The molecule has 1 aromatic heterocycles. The van der Waals surface area contributed by atoms with Gasteiger partial charge in [0.1, 0.15) is 11.6 Å². The second-order valence-corrected chi connectivity index (χ2v) is 24.3. The third kappa shape index (κ3) is 18.1. The summed E-state index contributed by atoms with van der Waals surface area (Å²) in [6.07, 6.45) is 4.03. The number of rotatable bonds is 21. The molecule has 4 rings (SSSR count). The van der Waals surface area contributed by atoms with E-state index in [-0.39, 0.29) is 60.5 Å². The number of benzene rings is 1. The molecule has 0 bridgehead atoms. The minimum atomic E-state index is -1.92. The monoisotopic (exact) mass is 924 g/mol. The number of hydrogen-bond acceptors (Lipinski definition) is 14. The quantitative estimate of drug-likeness (QED) is 0.0865. The third-order valence-corrected chi connectivity index (χ3v) is 17.7. The number of carbonyl (C=O) groups excluding carboxylic acids is 5. The van der Waals surface area contributed by atoms with E-state index >= 15 is 0 Å². The van der Waals surface area contributed by atoms with Crippen molar-refractivity contribution in [2.24, 2.45) is 0 Å². The lowest BCUT2D eigenvalue weighted by Gasteiger charge is -2.37. The zero-order valence-electron chi connectivity index (χ0n) is 41.3. The van der Waals surface area contributed by atoms with Gasteiger partial charge in [-0.05, 0) is 69.4 Å². The molecule has 0 spiro atoms. The maximum atomic E-state index is 13.8. The van der Waals surface area contributed by atoms with Gasteiger partial charge in [-0.1, -0.05) is 59.6 Å². The van der Waals surface area contributed by atoms with Crippen LogP contribution < -0.4 is 4.90 Å². The molecule has 65 heavy (non-hydrogen) atoms. The summed E-state index contributed by atoms with van der Waals surface area (Å²) in [6, 6.07) is 10.00. The number of hydrogen-bond donors (Lipinski definition) is 0. The molecule has 15 nitrogen and oxygen atoms in total. The van der Waals surface area contributed by atoms with E-state index in [2.05, 4.69) is 72.8 Å². The largest absolute Gasteiger partial charge is 0.465 e. The summed E-state index contributed by atoms with van der Waals surface area (Å²) in [6.45, 7) is 26.7. The molecule has 16 heteroatoms. The van der Waals surface area contributed by atoms with E-state index in [1.54, 1.807) is 13.8 Å². The Morgan fingerprint density at radius 3 is 1.74 bits per heavy atom. The Bertz CT molecular complexity index is 1850. The number of esters is 2. The van der Waals surface area contributed by atoms with Crippen molar-refractivity contribution in [2.75, 3.05) is 116 Å². The number of fused-ring (bicyclic) bond motifs is 1. The first-order valence-corrected chi connectivity index (χ1v) is 27.1. The van der Waals surface area contributed by atoms with Gasteiger partial charge in [-0.15, -0.1) is 0 Å². The summed E-state index contributed by atoms with van der Waals surface area (Å²) in [5.74, 6) is -0.561. The molecular weight excluding hydrogens is 843 g/mol. The topological polar surface area (TPSA) is 145 Å². The van der Waals surface area contributed by atoms with Crippen molar-refractivity contribution < 1.29 is 37.9 Å². The molecule has 0 saturated carbocycles. The molecule has 0 N–H and O–H groups in total. The van der Waals surface area contributed by atoms with Crippen LogP contribution in [0, 0.1) is 0 Å². The van der Waals surface area contributed by atoms with E-state index in [1.807, 2.05) is 34.6 Å². The van der Waals surface area contributed by atoms with Crippen molar-refractivity contribution >= 4 is 54.3 Å². The van der Waals surface area contributed by atoms with E-state index in [4.69, 9.17) is 18.9 Å². The number of unbranched alkanes of at least 4 members (excludes halogenated alkanes) is 2. The van der Waals surface area contributed by atoms with Crippen LogP contribution in [0.1, 0.15) is 92.7 Å². The number of aromatic nitrogens is 1. The van der Waals surface area contributed by atoms with E-state index < -0.39 is 14.4 Å². The van der Waals surface area contributed by atoms with Gasteiger partial charge in [0, 0.05) is 96.0 Å². The highest BCUT2D eigenvalue weighted by atomic mass is 28.4. The smallest absolute Gasteiger partial charge is 0.320 e. The van der Waals surface area contributed by atoms with Gasteiger partial charge in [0.25, 0.3) is 0 Å². The Hall–Kier alpha value is -3.80. The Kier molecular flexibility index (Phi) is 21.9. The predicted molar refractivity (Wildman–Crippen MR) is 260 cm³/mol. The van der Waals surface area contributed by atoms with Crippen LogP contribution in [0.2, 0.25) is 18.1 Å². The van der Waals surface area contributed by atoms with Crippen LogP contribution in [-0.2, 0) is 44.5 Å². The fourth-order valence-corrected chi connectivity index (χ4v) is 8.88. The summed E-state index contributed by atoms with van der Waals surface area (Å²) in [7, 11) is -1.92. The number of pyridine rings is 1. The fraction of sp³-hybridized carbons (Fsp3) is 0.714. The van der Waals surface area contributed by atoms with Gasteiger partial charge in [-0.25, -0.2) is 0 Å². The zero-order valence-corrected chi connectivity index (χ0v) is 42.3. The molecule has 0 aliphatic carbocycles. The number of piperazine rings is 1. The van der Waals surface area contributed by atoms with Gasteiger partial charge >= 0.3 is 11.9 Å². The molecule has 2 aromatic rings. The number of ketones is 2. The Balaban J connectivity index is 1.41. The van der Waals surface area contributed by atoms with Gasteiger partial charge in [-0.2, -0.15) is 0 Å². The molecule has 1 amide bonds. The summed E-state index contributed by atoms with van der Waals surface area (Å²) in [4.78, 5) is 82.9. The van der Waals surface area contributed by atoms with Gasteiger partial charge in [0.2, 0.25) is 5.91 Å². The molecular formula is C49H81N7O8Si. The van der Waals surface area contributed by atoms with Crippen molar-refractivity contribution in [3.05, 3.63) is 36.0 Å². The maximum absolute atomic E-state index is 13.8. The molecule has 364 valence electrons. The number of nitrogens with zero attached hydrogens (tertiary/aromatic N) is 7. The van der Waals surface area contributed by atoms with E-state index in [0.29, 0.717) is 105 Å². The summed E-state index contributed by atoms with van der Waals surface area (Å²) < 4.78 is 17.5. The average molecular weight is 924 g/mol. The predicted octanol–water partition coefficient (Wildman–Crippen LogP) is 5.64. The second kappa shape index (κ2) is 26.5. The highest BCUT2D eigenvalue weighted by Gasteiger charge is 2.37. The highest BCUT2D eigenvalue weighted by Crippen LogP contribution is 2.37. The molecule has 1 unspecified atom stereocenters. The molecule has 2 aliphatic rings. The first-order chi connectivity index (χ1) is 30.9. The van der Waals surface area contributed by atoms with E-state index in [9.17, 15) is 24.0 Å². The van der Waals surface area contributed by atoms with Crippen LogP contribution in [0.5, 0.6) is 0 Å². The summed E-state index contributed by atoms with van der Waals surface area (Å²) in [5, 5.41) is 1.19. The van der Waals surface area contributed by atoms with Crippen LogP contribution in [-0.4, -0.2) is 185 Å². The number of anilines is 1. The summed E-state index contributed by atoms with van der Waals surface area (Å²) >= 11 is 0. The Morgan fingerprint density at radius 1 is 0.708 bits per heavy atom. The van der Waals surface area contributed by atoms with Crippen molar-refractivity contribution in [2.45, 2.75) is 118 Å². The van der Waals surface area contributed by atoms with E-state index in [0.717, 1.165) is 48.0 Å². The van der Waals surface area contributed by atoms with Crippen LogP contribution in [0.4, 0.5) is 5.69 Å². The molecule has 2 saturated heterocycles. The van der Waals surface area contributed by atoms with Crippen molar-refractivity contribution in [1.29, 1.82) is 0 Å². The zero-order chi connectivity index (χ0) is 47.6. The minimum Gasteiger partial charge on any atom is -0.465 e. The lowest BCUT2D eigenvalue weighted by atomic mass is 10.0. The van der Waals surface area contributed by atoms with Crippen molar-refractivity contribution in [3.8, 4) is 0 Å². The lowest BCUT2D eigenvalue weighted by Crippen LogP contribution is -2.52. The number of Topliss-reactive ketones (excluding diaryl/α,β-unsaturated/α-hetero) is 2. The van der Waals surface area contributed by atoms with Crippen LogP contribution >= 0.6 is 0 Å². The first kappa shape index (κ1) is 53.8. The van der Waals surface area contributed by atoms with Crippen molar-refractivity contribution in [1.82, 2.24) is 29.5 Å². The van der Waals surface area contributed by atoms with Gasteiger partial charge in [0.15, 0.2) is 8.32 Å². The summed E-state index contributed by atoms with van der Waals surface area (Å²) in [5.41, 5.74) is 2.92. The van der Waals surface area contributed by atoms with Gasteiger partial charge < -0.3 is 23.7 Å². The Morgan fingerprint density at radius 2 is 1.23 bits per heavy atom. The highest BCUT2D eigenvalue weighted by molar-refractivity contribution is 6.74. The normalized spacial score (nSPS) is 17.6. The Labute approximate surface area is 390 Å². The van der Waals surface area contributed by atoms with E-state index in [1.165, 1.54) is 0 Å². The van der Waals surface area contributed by atoms with Crippen molar-refractivity contribution in [3.63, 3.8) is 0 Å². The number of ether oxygens (including phenoxy) is 2. The molecule has 3 heterocycles. The third-order valence-electron chi connectivity index (χ3n) is 13.2. The SMILES string of the molecule is CCCCOC(=O)CN1CCN(CC(C)=O)CCN(C(CCC(=O)N2CCN(c3ccc4ccc(CO[Si](C)(C)C(C)(C)C)nc4c3)CC2)C(C)=O)CCN(CC(=O)OCCCC)CC1. The molecule has 1 atom stereocenters. The number of carbonyl (C=O) groups is 5.